The lowest BCUT2D eigenvalue weighted by molar-refractivity contribution is -0.138. The van der Waals surface area contributed by atoms with Gasteiger partial charge in [0.25, 0.3) is 0 Å². The van der Waals surface area contributed by atoms with Crippen LogP contribution in [-0.4, -0.2) is 42.8 Å². The average Bonchev–Trinajstić information content (AvgIpc) is 2.44. The summed E-state index contributed by atoms with van der Waals surface area (Å²) in [6.45, 7) is 0.392. The van der Waals surface area contributed by atoms with Gasteiger partial charge in [-0.05, 0) is 31.4 Å². The van der Waals surface area contributed by atoms with Gasteiger partial charge in [0.2, 0.25) is 10.0 Å². The van der Waals surface area contributed by atoms with Crippen LogP contribution >= 0.6 is 0 Å². The highest BCUT2D eigenvalue weighted by Gasteiger charge is 2.28. The van der Waals surface area contributed by atoms with E-state index in [-0.39, 0.29) is 12.2 Å². The Kier molecular flexibility index (Phi) is 4.24. The van der Waals surface area contributed by atoms with Crippen LogP contribution in [0.25, 0.3) is 0 Å². The Hall–Kier alpha value is -1.67. The number of fused-ring (bicyclic) bond motifs is 1. The third-order valence-corrected chi connectivity index (χ3v) is 5.05. The number of aliphatic carboxylic acids is 1. The van der Waals surface area contributed by atoms with E-state index in [4.69, 9.17) is 10.8 Å². The molecule has 0 spiro atoms. The van der Waals surface area contributed by atoms with Gasteiger partial charge in [0.1, 0.15) is 6.04 Å². The molecule has 0 saturated carbocycles. The van der Waals surface area contributed by atoms with Crippen LogP contribution in [0.2, 0.25) is 0 Å². The van der Waals surface area contributed by atoms with Crippen molar-refractivity contribution in [1.82, 2.24) is 4.98 Å². The highest BCUT2D eigenvalue weighted by Crippen LogP contribution is 2.27. The Labute approximate surface area is 117 Å². The van der Waals surface area contributed by atoms with Gasteiger partial charge in [-0.15, -0.1) is 0 Å². The first-order valence-electron chi connectivity index (χ1n) is 6.34. The van der Waals surface area contributed by atoms with E-state index in [1.165, 1.54) is 4.31 Å². The monoisotopic (exact) mass is 299 g/mol. The smallest absolute Gasteiger partial charge is 0.320 e. The number of carbonyl (C=O) groups is 1. The number of pyridine rings is 1. The molecular weight excluding hydrogens is 282 g/mol. The number of carboxylic acid groups (broad SMARTS) is 1. The standard InChI is InChI=1S/C12H17N3O4S/c13-9(12(16)17)5-8-20(18,19)15-7-2-3-10-11(15)4-1-6-14-10/h1,4,6,9H,2-3,5,7-8,13H2,(H,16,17)/t9-/m0/s1. The van der Waals surface area contributed by atoms with Gasteiger partial charge in [0.05, 0.1) is 17.1 Å². The van der Waals surface area contributed by atoms with E-state index in [2.05, 4.69) is 4.98 Å². The second-order valence-corrected chi connectivity index (χ2v) is 6.71. The topological polar surface area (TPSA) is 114 Å². The number of sulfonamides is 1. The van der Waals surface area contributed by atoms with Gasteiger partial charge >= 0.3 is 5.97 Å². The summed E-state index contributed by atoms with van der Waals surface area (Å²) in [4.78, 5) is 14.8. The van der Waals surface area contributed by atoms with E-state index in [0.717, 1.165) is 12.1 Å². The van der Waals surface area contributed by atoms with E-state index in [0.29, 0.717) is 18.7 Å². The molecule has 0 amide bonds. The van der Waals surface area contributed by atoms with Gasteiger partial charge < -0.3 is 10.8 Å². The van der Waals surface area contributed by atoms with Crippen LogP contribution in [0.15, 0.2) is 18.3 Å². The van der Waals surface area contributed by atoms with E-state index in [1.807, 2.05) is 0 Å². The molecule has 20 heavy (non-hydrogen) atoms. The van der Waals surface area contributed by atoms with Crippen molar-refractivity contribution in [3.8, 4) is 0 Å². The molecule has 0 unspecified atom stereocenters. The summed E-state index contributed by atoms with van der Waals surface area (Å²) in [6, 6.07) is 2.24. The lowest BCUT2D eigenvalue weighted by atomic mass is 10.1. The summed E-state index contributed by atoms with van der Waals surface area (Å²) in [7, 11) is -3.58. The minimum absolute atomic E-state index is 0.107. The molecule has 0 radical (unpaired) electrons. The van der Waals surface area contributed by atoms with Gasteiger partial charge in [-0.2, -0.15) is 0 Å². The van der Waals surface area contributed by atoms with Crippen LogP contribution in [0, 0.1) is 0 Å². The molecule has 2 rings (SSSR count). The van der Waals surface area contributed by atoms with Crippen LogP contribution < -0.4 is 10.0 Å². The van der Waals surface area contributed by atoms with E-state index >= 15 is 0 Å². The summed E-state index contributed by atoms with van der Waals surface area (Å²) in [5, 5.41) is 8.70. The molecule has 7 nitrogen and oxygen atoms in total. The zero-order valence-corrected chi connectivity index (χ0v) is 11.7. The molecule has 0 saturated heterocycles. The fraction of sp³-hybridized carbons (Fsp3) is 0.500. The van der Waals surface area contributed by atoms with Crippen LogP contribution in [0.1, 0.15) is 18.5 Å². The molecule has 1 aromatic rings. The second kappa shape index (κ2) is 5.76. The molecule has 2 heterocycles. The molecule has 0 aromatic carbocycles. The molecule has 0 aliphatic carbocycles. The van der Waals surface area contributed by atoms with Crippen molar-refractivity contribution in [1.29, 1.82) is 0 Å². The summed E-state index contributed by atoms with van der Waals surface area (Å²) in [5.41, 5.74) is 6.69. The first-order chi connectivity index (χ1) is 9.42. The maximum absolute atomic E-state index is 12.3. The maximum Gasteiger partial charge on any atom is 0.320 e. The quantitative estimate of drug-likeness (QED) is 0.789. The van der Waals surface area contributed by atoms with Gasteiger partial charge in [0.15, 0.2) is 0 Å². The summed E-state index contributed by atoms with van der Waals surface area (Å²) < 4.78 is 26.0. The predicted octanol–water partition coefficient (Wildman–Crippen LogP) is -0.0340. The van der Waals surface area contributed by atoms with Gasteiger partial charge in [-0.25, -0.2) is 8.42 Å². The Morgan fingerprint density at radius 2 is 2.30 bits per heavy atom. The largest absolute Gasteiger partial charge is 0.480 e. The Balaban J connectivity index is 2.17. The van der Waals surface area contributed by atoms with Crippen molar-refractivity contribution in [2.24, 2.45) is 5.73 Å². The molecule has 0 fully saturated rings. The van der Waals surface area contributed by atoms with E-state index < -0.39 is 22.0 Å². The molecule has 8 heteroatoms. The zero-order chi connectivity index (χ0) is 14.8. The summed E-state index contributed by atoms with van der Waals surface area (Å²) >= 11 is 0. The van der Waals surface area contributed by atoms with Gasteiger partial charge in [-0.3, -0.25) is 14.1 Å². The van der Waals surface area contributed by atoms with Crippen molar-refractivity contribution >= 4 is 21.7 Å². The first-order valence-corrected chi connectivity index (χ1v) is 7.95. The van der Waals surface area contributed by atoms with Crippen LogP contribution in [0.3, 0.4) is 0 Å². The third kappa shape index (κ3) is 3.07. The van der Waals surface area contributed by atoms with Crippen LogP contribution in [0.4, 0.5) is 5.69 Å². The number of carboxylic acids is 1. The molecule has 1 aliphatic rings. The SMILES string of the molecule is N[C@@H](CCS(=O)(=O)N1CCCc2ncccc21)C(=O)O. The lowest BCUT2D eigenvalue weighted by Gasteiger charge is -2.29. The molecule has 1 atom stereocenters. The van der Waals surface area contributed by atoms with E-state index in [9.17, 15) is 13.2 Å². The Morgan fingerprint density at radius 3 is 3.00 bits per heavy atom. The van der Waals surface area contributed by atoms with E-state index in [1.54, 1.807) is 18.3 Å². The maximum atomic E-state index is 12.3. The highest BCUT2D eigenvalue weighted by molar-refractivity contribution is 7.92. The molecule has 0 bridgehead atoms. The molecule has 1 aliphatic heterocycles. The average molecular weight is 299 g/mol. The zero-order valence-electron chi connectivity index (χ0n) is 10.9. The van der Waals surface area contributed by atoms with Gasteiger partial charge in [0, 0.05) is 12.7 Å². The molecule has 3 N–H and O–H groups in total. The minimum Gasteiger partial charge on any atom is -0.480 e. The van der Waals surface area contributed by atoms with Crippen LogP contribution in [-0.2, 0) is 21.2 Å². The number of aryl methyl sites for hydroxylation is 1. The third-order valence-electron chi connectivity index (χ3n) is 3.25. The highest BCUT2D eigenvalue weighted by atomic mass is 32.2. The number of aromatic nitrogens is 1. The number of rotatable bonds is 5. The van der Waals surface area contributed by atoms with Gasteiger partial charge in [-0.1, -0.05) is 0 Å². The molecule has 1 aromatic heterocycles. The second-order valence-electron chi connectivity index (χ2n) is 4.69. The Bertz CT molecular complexity index is 602. The molecule has 110 valence electrons. The number of nitrogens with two attached hydrogens (primary N) is 1. The number of nitrogens with zero attached hydrogens (tertiary/aromatic N) is 2. The first kappa shape index (κ1) is 14.7. The minimum atomic E-state index is -3.58. The van der Waals surface area contributed by atoms with Crippen molar-refractivity contribution < 1.29 is 18.3 Å². The fourth-order valence-electron chi connectivity index (χ4n) is 2.16. The number of anilines is 1. The number of hydrogen-bond acceptors (Lipinski definition) is 5. The predicted molar refractivity (Wildman–Crippen MR) is 73.9 cm³/mol. The van der Waals surface area contributed by atoms with Crippen molar-refractivity contribution in [2.75, 3.05) is 16.6 Å². The Morgan fingerprint density at radius 1 is 1.55 bits per heavy atom. The lowest BCUT2D eigenvalue weighted by Crippen LogP contribution is -2.40. The normalized spacial score (nSPS) is 16.6. The van der Waals surface area contributed by atoms with Crippen molar-refractivity contribution in [3.05, 3.63) is 24.0 Å². The fourth-order valence-corrected chi connectivity index (χ4v) is 3.80. The molecular formula is C12H17N3O4S. The number of hydrogen-bond donors (Lipinski definition) is 2. The van der Waals surface area contributed by atoms with Crippen molar-refractivity contribution in [2.45, 2.75) is 25.3 Å². The summed E-state index contributed by atoms with van der Waals surface area (Å²) in [5.74, 6) is -1.48. The summed E-state index contributed by atoms with van der Waals surface area (Å²) in [6.07, 6.45) is 2.98. The van der Waals surface area contributed by atoms with Crippen molar-refractivity contribution in [3.63, 3.8) is 0 Å². The van der Waals surface area contributed by atoms with Crippen LogP contribution in [0.5, 0.6) is 0 Å².